The molecule has 23 heavy (non-hydrogen) atoms. The second-order valence-corrected chi connectivity index (χ2v) is 8.31. The minimum absolute atomic E-state index is 0.0324. The first-order chi connectivity index (χ1) is 10.4. The molecule has 1 rings (SSSR count). The van der Waals surface area contributed by atoms with Gasteiger partial charge in [-0.3, -0.25) is 9.48 Å². The molecule has 0 saturated heterocycles. The van der Waals surface area contributed by atoms with Crippen molar-refractivity contribution in [2.45, 2.75) is 46.7 Å². The molecule has 0 bridgehead atoms. The molecule has 1 amide bonds. The molecule has 0 spiro atoms. The van der Waals surface area contributed by atoms with Crippen molar-refractivity contribution in [1.82, 2.24) is 19.0 Å². The molecular weight excluding hydrogens is 316 g/mol. The molecule has 0 aliphatic heterocycles. The van der Waals surface area contributed by atoms with Crippen molar-refractivity contribution in [1.29, 1.82) is 0 Å². The summed E-state index contributed by atoms with van der Waals surface area (Å²) in [6.45, 7) is 8.51. The Hall–Kier alpha value is -1.41. The van der Waals surface area contributed by atoms with Crippen molar-refractivity contribution in [3.63, 3.8) is 0 Å². The van der Waals surface area contributed by atoms with Crippen LogP contribution in [0.3, 0.4) is 0 Å². The summed E-state index contributed by atoms with van der Waals surface area (Å²) in [6, 6.07) is 0.0324. The Morgan fingerprint density at radius 3 is 2.26 bits per heavy atom. The quantitative estimate of drug-likeness (QED) is 0.741. The third kappa shape index (κ3) is 5.04. The Bertz CT molecular complexity index is 665. The van der Waals surface area contributed by atoms with Crippen LogP contribution in [0.5, 0.6) is 0 Å². The van der Waals surface area contributed by atoms with Crippen molar-refractivity contribution in [2.24, 2.45) is 7.05 Å². The molecule has 0 aliphatic rings. The topological polar surface area (TPSA) is 75.5 Å². The summed E-state index contributed by atoms with van der Waals surface area (Å²) in [7, 11) is 0.103. The molecule has 1 aromatic rings. The van der Waals surface area contributed by atoms with Crippen LogP contribution in [-0.2, 0) is 28.4 Å². The maximum Gasteiger partial charge on any atom is 0.224 e. The number of rotatable bonds is 7. The van der Waals surface area contributed by atoms with E-state index in [1.165, 1.54) is 11.4 Å². The molecule has 0 N–H and O–H groups in total. The molecule has 0 atom stereocenters. The highest BCUT2D eigenvalue weighted by molar-refractivity contribution is 7.88. The van der Waals surface area contributed by atoms with E-state index >= 15 is 0 Å². The van der Waals surface area contributed by atoms with Crippen molar-refractivity contribution < 1.29 is 13.2 Å². The number of aromatic nitrogens is 2. The summed E-state index contributed by atoms with van der Waals surface area (Å²) in [5.41, 5.74) is 3.00. The smallest absolute Gasteiger partial charge is 0.224 e. The fraction of sp³-hybridized carbons (Fsp3) is 0.733. The zero-order valence-electron chi connectivity index (χ0n) is 15.1. The minimum Gasteiger partial charge on any atom is -0.336 e. The highest BCUT2D eigenvalue weighted by Crippen LogP contribution is 2.17. The van der Waals surface area contributed by atoms with Crippen LogP contribution in [0.1, 0.15) is 37.2 Å². The number of sulfonamides is 1. The average Bonchev–Trinajstić information content (AvgIpc) is 2.65. The van der Waals surface area contributed by atoms with Gasteiger partial charge in [0.25, 0.3) is 0 Å². The van der Waals surface area contributed by atoms with E-state index in [-0.39, 0.29) is 24.9 Å². The third-order valence-corrected chi connectivity index (χ3v) is 5.45. The largest absolute Gasteiger partial charge is 0.336 e. The van der Waals surface area contributed by atoms with Gasteiger partial charge in [-0.25, -0.2) is 12.7 Å². The zero-order chi connectivity index (χ0) is 17.9. The minimum atomic E-state index is -3.26. The normalized spacial score (nSPS) is 12.2. The first kappa shape index (κ1) is 19.6. The Morgan fingerprint density at radius 1 is 1.30 bits per heavy atom. The summed E-state index contributed by atoms with van der Waals surface area (Å²) < 4.78 is 25.9. The number of carbonyl (C=O) groups excluding carboxylic acids is 1. The Labute approximate surface area is 139 Å². The summed E-state index contributed by atoms with van der Waals surface area (Å²) >= 11 is 0. The lowest BCUT2D eigenvalue weighted by molar-refractivity contribution is -0.133. The van der Waals surface area contributed by atoms with Gasteiger partial charge in [-0.05, 0) is 27.7 Å². The van der Waals surface area contributed by atoms with Crippen molar-refractivity contribution >= 4 is 15.9 Å². The predicted molar refractivity (Wildman–Crippen MR) is 90.5 cm³/mol. The fourth-order valence-corrected chi connectivity index (χ4v) is 2.76. The molecule has 0 unspecified atom stereocenters. The van der Waals surface area contributed by atoms with Gasteiger partial charge in [0, 0.05) is 50.9 Å². The first-order valence-corrected chi connectivity index (χ1v) is 9.49. The van der Waals surface area contributed by atoms with E-state index in [0.717, 1.165) is 23.2 Å². The molecular formula is C15H28N4O3S. The van der Waals surface area contributed by atoms with Crippen LogP contribution in [0, 0.1) is 13.8 Å². The number of hydrogen-bond donors (Lipinski definition) is 0. The highest BCUT2D eigenvalue weighted by Gasteiger charge is 2.22. The predicted octanol–water partition coefficient (Wildman–Crippen LogP) is 1.06. The number of hydrogen-bond acceptors (Lipinski definition) is 4. The van der Waals surface area contributed by atoms with Crippen molar-refractivity contribution in [3.8, 4) is 0 Å². The molecule has 0 aromatic carbocycles. The van der Waals surface area contributed by atoms with Gasteiger partial charge in [0.05, 0.1) is 11.9 Å². The summed E-state index contributed by atoms with van der Waals surface area (Å²) in [5.74, 6) is -0.0573. The molecule has 0 aliphatic carbocycles. The van der Waals surface area contributed by atoms with Crippen LogP contribution < -0.4 is 0 Å². The van der Waals surface area contributed by atoms with E-state index in [0.29, 0.717) is 6.54 Å². The molecule has 1 heterocycles. The van der Waals surface area contributed by atoms with E-state index in [1.807, 2.05) is 39.4 Å². The lowest BCUT2D eigenvalue weighted by atomic mass is 10.1. The Morgan fingerprint density at radius 2 is 1.87 bits per heavy atom. The van der Waals surface area contributed by atoms with E-state index in [9.17, 15) is 13.2 Å². The Kier molecular flexibility index (Phi) is 6.35. The van der Waals surface area contributed by atoms with E-state index < -0.39 is 10.0 Å². The van der Waals surface area contributed by atoms with Crippen molar-refractivity contribution in [3.05, 3.63) is 17.0 Å². The highest BCUT2D eigenvalue weighted by atomic mass is 32.2. The molecule has 0 radical (unpaired) electrons. The number of nitrogens with zero attached hydrogens (tertiary/aromatic N) is 4. The van der Waals surface area contributed by atoms with Crippen LogP contribution in [0.4, 0.5) is 0 Å². The number of carbonyl (C=O) groups is 1. The number of amides is 1. The molecule has 0 fully saturated rings. The monoisotopic (exact) mass is 344 g/mol. The van der Waals surface area contributed by atoms with E-state index in [1.54, 1.807) is 4.90 Å². The van der Waals surface area contributed by atoms with E-state index in [2.05, 4.69) is 5.10 Å². The van der Waals surface area contributed by atoms with Gasteiger partial charge in [0.15, 0.2) is 0 Å². The maximum absolute atomic E-state index is 12.5. The summed E-state index contributed by atoms with van der Waals surface area (Å²) in [4.78, 5) is 14.3. The average molecular weight is 344 g/mol. The molecule has 132 valence electrons. The van der Waals surface area contributed by atoms with Gasteiger partial charge in [0.1, 0.15) is 0 Å². The maximum atomic E-state index is 12.5. The lowest BCUT2D eigenvalue weighted by Crippen LogP contribution is -2.39. The number of aryl methyl sites for hydroxylation is 2. The molecule has 7 nitrogen and oxygen atoms in total. The molecule has 0 saturated carbocycles. The van der Waals surface area contributed by atoms with Crippen LogP contribution in [0.15, 0.2) is 0 Å². The second-order valence-electron chi connectivity index (χ2n) is 6.22. The van der Waals surface area contributed by atoms with Gasteiger partial charge >= 0.3 is 0 Å². The van der Waals surface area contributed by atoms with Gasteiger partial charge < -0.3 is 4.90 Å². The zero-order valence-corrected chi connectivity index (χ0v) is 15.9. The summed E-state index contributed by atoms with van der Waals surface area (Å²) in [5, 5.41) is 4.38. The molecule has 8 heteroatoms. The second kappa shape index (κ2) is 7.44. The van der Waals surface area contributed by atoms with Crippen LogP contribution in [0.25, 0.3) is 0 Å². The molecule has 1 aromatic heterocycles. The van der Waals surface area contributed by atoms with Gasteiger partial charge in [-0.1, -0.05) is 0 Å². The first-order valence-electron chi connectivity index (χ1n) is 7.65. The van der Waals surface area contributed by atoms with E-state index in [4.69, 9.17) is 0 Å². The summed E-state index contributed by atoms with van der Waals surface area (Å²) in [6.07, 6.45) is 1.31. The van der Waals surface area contributed by atoms with Gasteiger partial charge in [-0.15, -0.1) is 0 Å². The van der Waals surface area contributed by atoms with Crippen molar-refractivity contribution in [2.75, 3.05) is 19.8 Å². The lowest BCUT2D eigenvalue weighted by Gasteiger charge is -2.28. The van der Waals surface area contributed by atoms with Crippen LogP contribution >= 0.6 is 0 Å². The fourth-order valence-electron chi connectivity index (χ4n) is 2.34. The standard InChI is InChI=1S/C15H28N4O3S/c1-11(2)19(10-14-12(3)16-18(6)13(14)4)15(20)8-9-17(5)23(7,21)22/h11H,8-10H2,1-7H3. The third-order valence-electron chi connectivity index (χ3n) is 4.14. The SMILES string of the molecule is Cc1nn(C)c(C)c1CN(C(=O)CCN(C)S(C)(=O)=O)C(C)C. The van der Waals surface area contributed by atoms with Crippen LogP contribution in [-0.4, -0.2) is 59.2 Å². The van der Waals surface area contributed by atoms with Gasteiger partial charge in [0.2, 0.25) is 15.9 Å². The van der Waals surface area contributed by atoms with Gasteiger partial charge in [-0.2, -0.15) is 5.10 Å². The van der Waals surface area contributed by atoms with Crippen LogP contribution in [0.2, 0.25) is 0 Å². The Balaban J connectivity index is 2.84.